The van der Waals surface area contributed by atoms with Crippen LogP contribution in [-0.2, 0) is 15.9 Å². The van der Waals surface area contributed by atoms with Gasteiger partial charge in [0, 0.05) is 44.0 Å². The van der Waals surface area contributed by atoms with Gasteiger partial charge in [0.25, 0.3) is 0 Å². The van der Waals surface area contributed by atoms with Crippen LogP contribution in [0, 0.1) is 5.92 Å². The number of aromatic carboxylic acids is 1. The molecule has 1 N–H and O–H groups in total. The summed E-state index contributed by atoms with van der Waals surface area (Å²) in [7, 11) is 2.91. The second-order valence-corrected chi connectivity index (χ2v) is 7.86. The minimum absolute atomic E-state index is 0.0495. The Balaban J connectivity index is 2.17. The van der Waals surface area contributed by atoms with Crippen LogP contribution in [0.1, 0.15) is 52.6 Å². The van der Waals surface area contributed by atoms with Crippen molar-refractivity contribution in [3.8, 4) is 17.0 Å². The van der Waals surface area contributed by atoms with Crippen molar-refractivity contribution in [3.05, 3.63) is 51.3 Å². The number of fused-ring (bicyclic) bond motifs is 3. The highest BCUT2D eigenvalue weighted by molar-refractivity contribution is 5.95. The summed E-state index contributed by atoms with van der Waals surface area (Å²) in [5.74, 6) is -1.21. The van der Waals surface area contributed by atoms with Gasteiger partial charge in [-0.05, 0) is 30.0 Å². The van der Waals surface area contributed by atoms with Gasteiger partial charge < -0.3 is 23.9 Å². The Labute approximate surface area is 180 Å². The Morgan fingerprint density at radius 3 is 2.52 bits per heavy atom. The molecule has 8 heteroatoms. The van der Waals surface area contributed by atoms with Crippen LogP contribution in [-0.4, -0.2) is 49.0 Å². The van der Waals surface area contributed by atoms with Gasteiger partial charge >= 0.3 is 11.9 Å². The van der Waals surface area contributed by atoms with E-state index in [0.29, 0.717) is 43.1 Å². The standard InChI is InChI=1S/C23H27NO7/c1-13(2)18-8-14-9-21(31-7-5-6-29-3)16(23(28)30-4)10-15(14)19-11-20(25)17(22(26)27)12-24(18)19/h9-13,18H,5-8H2,1-4H3,(H,26,27)/t18-/m0/s1. The number of carboxylic acids is 1. The second-order valence-electron chi connectivity index (χ2n) is 7.86. The van der Waals surface area contributed by atoms with E-state index in [1.807, 2.05) is 24.5 Å². The number of carboxylic acid groups (broad SMARTS) is 1. The fourth-order valence-electron chi connectivity index (χ4n) is 3.88. The molecule has 31 heavy (non-hydrogen) atoms. The molecule has 3 rings (SSSR count). The molecule has 2 heterocycles. The van der Waals surface area contributed by atoms with Crippen molar-refractivity contribution in [2.75, 3.05) is 27.4 Å². The van der Waals surface area contributed by atoms with Crippen molar-refractivity contribution < 1.29 is 28.9 Å². The molecular formula is C23H27NO7. The van der Waals surface area contributed by atoms with Crippen LogP contribution in [0.15, 0.2) is 29.2 Å². The molecule has 2 aromatic rings. The summed E-state index contributed by atoms with van der Waals surface area (Å²) in [6.45, 7) is 5.00. The van der Waals surface area contributed by atoms with Crippen molar-refractivity contribution in [1.29, 1.82) is 0 Å². The Bertz CT molecular complexity index is 1050. The zero-order valence-corrected chi connectivity index (χ0v) is 18.1. The highest BCUT2D eigenvalue weighted by atomic mass is 16.5. The highest BCUT2D eigenvalue weighted by Gasteiger charge is 2.30. The second kappa shape index (κ2) is 9.34. The first-order valence-electron chi connectivity index (χ1n) is 10.1. The summed E-state index contributed by atoms with van der Waals surface area (Å²) >= 11 is 0. The number of aromatic nitrogens is 1. The van der Waals surface area contributed by atoms with Crippen molar-refractivity contribution in [3.63, 3.8) is 0 Å². The summed E-state index contributed by atoms with van der Waals surface area (Å²) in [5.41, 5.74) is 1.60. The molecular weight excluding hydrogens is 402 g/mol. The summed E-state index contributed by atoms with van der Waals surface area (Å²) in [6.07, 6.45) is 2.68. The first kappa shape index (κ1) is 22.6. The number of hydrogen-bond donors (Lipinski definition) is 1. The number of carbonyl (C=O) groups is 2. The van der Waals surface area contributed by atoms with Gasteiger partial charge in [0.15, 0.2) is 5.43 Å². The van der Waals surface area contributed by atoms with Gasteiger partial charge in [0.1, 0.15) is 16.9 Å². The van der Waals surface area contributed by atoms with Gasteiger partial charge in [0.2, 0.25) is 0 Å². The number of ether oxygens (including phenoxy) is 3. The number of nitrogens with zero attached hydrogens (tertiary/aromatic N) is 1. The fraction of sp³-hybridized carbons (Fsp3) is 0.435. The summed E-state index contributed by atoms with van der Waals surface area (Å²) < 4.78 is 17.7. The van der Waals surface area contributed by atoms with Gasteiger partial charge in [-0.25, -0.2) is 9.59 Å². The van der Waals surface area contributed by atoms with E-state index in [1.54, 1.807) is 13.2 Å². The van der Waals surface area contributed by atoms with E-state index in [9.17, 15) is 19.5 Å². The van der Waals surface area contributed by atoms with Crippen LogP contribution in [0.5, 0.6) is 5.75 Å². The molecule has 166 valence electrons. The van der Waals surface area contributed by atoms with Crippen LogP contribution < -0.4 is 10.2 Å². The maximum atomic E-state index is 12.4. The van der Waals surface area contributed by atoms with Crippen molar-refractivity contribution >= 4 is 11.9 Å². The smallest absolute Gasteiger partial charge is 0.341 e. The third-order valence-electron chi connectivity index (χ3n) is 5.50. The lowest BCUT2D eigenvalue weighted by Crippen LogP contribution is -2.28. The Morgan fingerprint density at radius 1 is 1.16 bits per heavy atom. The lowest BCUT2D eigenvalue weighted by molar-refractivity contribution is 0.0594. The maximum Gasteiger partial charge on any atom is 0.341 e. The zero-order valence-electron chi connectivity index (χ0n) is 18.1. The minimum atomic E-state index is -1.26. The molecule has 0 radical (unpaired) electrons. The highest BCUT2D eigenvalue weighted by Crippen LogP contribution is 2.40. The molecule has 1 aromatic carbocycles. The molecule has 8 nitrogen and oxygen atoms in total. The molecule has 1 atom stereocenters. The third-order valence-corrected chi connectivity index (χ3v) is 5.50. The number of esters is 1. The van der Waals surface area contributed by atoms with Crippen molar-refractivity contribution in [2.24, 2.45) is 5.92 Å². The van der Waals surface area contributed by atoms with E-state index >= 15 is 0 Å². The molecule has 0 fully saturated rings. The molecule has 0 aliphatic carbocycles. The van der Waals surface area contributed by atoms with E-state index in [4.69, 9.17) is 14.2 Å². The summed E-state index contributed by atoms with van der Waals surface area (Å²) in [5, 5.41) is 9.39. The van der Waals surface area contributed by atoms with E-state index in [2.05, 4.69) is 0 Å². The van der Waals surface area contributed by atoms with Crippen LogP contribution in [0.4, 0.5) is 0 Å². The topological polar surface area (TPSA) is 104 Å². The number of rotatable bonds is 8. The molecule has 0 unspecified atom stereocenters. The quantitative estimate of drug-likeness (QED) is 0.508. The average molecular weight is 429 g/mol. The van der Waals surface area contributed by atoms with Gasteiger partial charge in [-0.2, -0.15) is 0 Å². The number of hydrogen-bond acceptors (Lipinski definition) is 6. The first-order valence-corrected chi connectivity index (χ1v) is 10.1. The van der Waals surface area contributed by atoms with Crippen molar-refractivity contribution in [1.82, 2.24) is 4.57 Å². The number of benzene rings is 1. The zero-order chi connectivity index (χ0) is 22.7. The summed E-state index contributed by atoms with van der Waals surface area (Å²) in [4.78, 5) is 36.4. The molecule has 0 saturated carbocycles. The first-order chi connectivity index (χ1) is 14.8. The van der Waals surface area contributed by atoms with E-state index in [-0.39, 0.29) is 23.1 Å². The molecule has 1 aliphatic heterocycles. The van der Waals surface area contributed by atoms with Gasteiger partial charge in [-0.15, -0.1) is 0 Å². The average Bonchev–Trinajstić information content (AvgIpc) is 2.74. The number of carbonyl (C=O) groups excluding carboxylic acids is 1. The molecule has 0 bridgehead atoms. The largest absolute Gasteiger partial charge is 0.493 e. The van der Waals surface area contributed by atoms with Crippen LogP contribution >= 0.6 is 0 Å². The molecule has 1 aliphatic rings. The van der Waals surface area contributed by atoms with Crippen LogP contribution in [0.25, 0.3) is 11.3 Å². The predicted molar refractivity (Wildman–Crippen MR) is 114 cm³/mol. The van der Waals surface area contributed by atoms with E-state index in [1.165, 1.54) is 19.4 Å². The molecule has 1 aromatic heterocycles. The van der Waals surface area contributed by atoms with Crippen LogP contribution in [0.2, 0.25) is 0 Å². The normalized spacial score (nSPS) is 14.7. The SMILES string of the molecule is COCCCOc1cc2c(cc1C(=O)OC)-c1cc(=O)c(C(=O)O)cn1[C@H](C(C)C)C2. The lowest BCUT2D eigenvalue weighted by Gasteiger charge is -2.33. The summed E-state index contributed by atoms with van der Waals surface area (Å²) in [6, 6.07) is 4.76. The number of pyridine rings is 1. The Kier molecular flexibility index (Phi) is 6.80. The van der Waals surface area contributed by atoms with Gasteiger partial charge in [-0.3, -0.25) is 4.79 Å². The third kappa shape index (κ3) is 4.49. The fourth-order valence-corrected chi connectivity index (χ4v) is 3.88. The molecule has 0 saturated heterocycles. The van der Waals surface area contributed by atoms with Crippen molar-refractivity contribution in [2.45, 2.75) is 32.7 Å². The molecule has 0 amide bonds. The number of methoxy groups -OCH3 is 2. The van der Waals surface area contributed by atoms with E-state index in [0.717, 1.165) is 5.56 Å². The van der Waals surface area contributed by atoms with Crippen LogP contribution in [0.3, 0.4) is 0 Å². The van der Waals surface area contributed by atoms with Gasteiger partial charge in [0.05, 0.1) is 19.4 Å². The maximum absolute atomic E-state index is 12.4. The monoisotopic (exact) mass is 429 g/mol. The predicted octanol–water partition coefficient (Wildman–Crippen LogP) is 3.17. The Hall–Kier alpha value is -3.13. The minimum Gasteiger partial charge on any atom is -0.493 e. The lowest BCUT2D eigenvalue weighted by atomic mass is 9.86. The van der Waals surface area contributed by atoms with Gasteiger partial charge in [-0.1, -0.05) is 13.8 Å². The molecule has 0 spiro atoms. The van der Waals surface area contributed by atoms with E-state index < -0.39 is 17.4 Å². The Morgan fingerprint density at radius 2 is 1.90 bits per heavy atom.